The molecule has 0 aromatic heterocycles. The Kier molecular flexibility index (Phi) is 3.10. The molecule has 3 N–H and O–H groups in total. The number of nitrogens with one attached hydrogen (secondary N) is 1. The Morgan fingerprint density at radius 2 is 1.76 bits per heavy atom. The molecule has 0 unspecified atom stereocenters. The highest BCUT2D eigenvalue weighted by Gasteiger charge is 2.07. The fourth-order valence-corrected chi connectivity index (χ4v) is 1.57. The molecule has 2 aromatic rings. The van der Waals surface area contributed by atoms with Crippen molar-refractivity contribution in [2.75, 3.05) is 11.1 Å². The number of carbonyl (C=O) groups excluding carboxylic acids is 1. The van der Waals surface area contributed by atoms with Crippen molar-refractivity contribution < 1.29 is 4.79 Å². The van der Waals surface area contributed by atoms with Crippen molar-refractivity contribution in [1.29, 1.82) is 0 Å². The van der Waals surface area contributed by atoms with Gasteiger partial charge in [0.15, 0.2) is 0 Å². The van der Waals surface area contributed by atoms with E-state index in [2.05, 4.69) is 5.32 Å². The van der Waals surface area contributed by atoms with Crippen molar-refractivity contribution in [1.82, 2.24) is 0 Å². The highest BCUT2D eigenvalue weighted by molar-refractivity contribution is 6.04. The third kappa shape index (κ3) is 2.45. The number of rotatable bonds is 2. The lowest BCUT2D eigenvalue weighted by atomic mass is 10.1. The van der Waals surface area contributed by atoms with Crippen molar-refractivity contribution >= 4 is 17.3 Å². The van der Waals surface area contributed by atoms with Crippen LogP contribution >= 0.6 is 0 Å². The van der Waals surface area contributed by atoms with Crippen LogP contribution in [0.3, 0.4) is 0 Å². The van der Waals surface area contributed by atoms with Crippen LogP contribution in [0.25, 0.3) is 0 Å². The summed E-state index contributed by atoms with van der Waals surface area (Å²) in [6.07, 6.45) is 0. The molecule has 0 heterocycles. The first-order valence-corrected chi connectivity index (χ1v) is 5.40. The van der Waals surface area contributed by atoms with Gasteiger partial charge in [-0.1, -0.05) is 24.3 Å². The topological polar surface area (TPSA) is 55.1 Å². The lowest BCUT2D eigenvalue weighted by Crippen LogP contribution is -2.12. The monoisotopic (exact) mass is 226 g/mol. The van der Waals surface area contributed by atoms with Crippen LogP contribution < -0.4 is 11.1 Å². The van der Waals surface area contributed by atoms with Crippen molar-refractivity contribution in [3.63, 3.8) is 0 Å². The minimum absolute atomic E-state index is 0.126. The van der Waals surface area contributed by atoms with Crippen molar-refractivity contribution in [3.05, 3.63) is 59.7 Å². The van der Waals surface area contributed by atoms with Gasteiger partial charge in [0.2, 0.25) is 0 Å². The first-order valence-electron chi connectivity index (χ1n) is 5.40. The van der Waals surface area contributed by atoms with Crippen LogP contribution in [0.2, 0.25) is 0 Å². The number of amides is 1. The average Bonchev–Trinajstić information content (AvgIpc) is 2.36. The molecular weight excluding hydrogens is 212 g/mol. The fourth-order valence-electron chi connectivity index (χ4n) is 1.57. The molecule has 2 rings (SSSR count). The van der Waals surface area contributed by atoms with Crippen LogP contribution in [0.5, 0.6) is 0 Å². The number of hydrogen-bond donors (Lipinski definition) is 2. The first-order chi connectivity index (χ1) is 8.18. The Morgan fingerprint density at radius 3 is 2.47 bits per heavy atom. The molecular formula is C14H14N2O. The Bertz CT molecular complexity index is 535. The van der Waals surface area contributed by atoms with Crippen molar-refractivity contribution in [2.24, 2.45) is 0 Å². The summed E-state index contributed by atoms with van der Waals surface area (Å²) < 4.78 is 0. The quantitative estimate of drug-likeness (QED) is 0.773. The molecule has 0 atom stereocenters. The van der Waals surface area contributed by atoms with Crippen molar-refractivity contribution in [3.8, 4) is 0 Å². The average molecular weight is 226 g/mol. The van der Waals surface area contributed by atoms with Gasteiger partial charge in [-0.15, -0.1) is 0 Å². The molecule has 0 fully saturated rings. The molecule has 1 amide bonds. The number of anilines is 2. The van der Waals surface area contributed by atoms with E-state index in [1.54, 1.807) is 12.1 Å². The zero-order valence-corrected chi connectivity index (χ0v) is 9.60. The van der Waals surface area contributed by atoms with Gasteiger partial charge in [0.1, 0.15) is 0 Å². The van der Waals surface area contributed by atoms with E-state index in [4.69, 9.17) is 5.73 Å². The Balaban J connectivity index is 2.22. The zero-order valence-electron chi connectivity index (χ0n) is 9.60. The molecule has 0 aliphatic rings. The second-order valence-electron chi connectivity index (χ2n) is 3.84. The third-order valence-electron chi connectivity index (χ3n) is 2.66. The van der Waals surface area contributed by atoms with E-state index in [1.807, 2.05) is 43.3 Å². The van der Waals surface area contributed by atoms with Gasteiger partial charge in [0.25, 0.3) is 5.91 Å². The molecule has 2 aromatic carbocycles. The number of nitrogens with two attached hydrogens (primary N) is 1. The summed E-state index contributed by atoms with van der Waals surface area (Å²) in [6, 6.07) is 14.6. The molecule has 3 heteroatoms. The maximum atomic E-state index is 11.9. The van der Waals surface area contributed by atoms with E-state index in [0.29, 0.717) is 11.3 Å². The van der Waals surface area contributed by atoms with Crippen molar-refractivity contribution in [2.45, 2.75) is 6.92 Å². The van der Waals surface area contributed by atoms with Gasteiger partial charge in [0, 0.05) is 16.9 Å². The largest absolute Gasteiger partial charge is 0.398 e. The number of benzene rings is 2. The molecule has 0 saturated heterocycles. The summed E-state index contributed by atoms with van der Waals surface area (Å²) in [5.41, 5.74) is 8.73. The second-order valence-corrected chi connectivity index (χ2v) is 3.84. The minimum atomic E-state index is -0.126. The van der Waals surface area contributed by atoms with Crippen LogP contribution in [0, 0.1) is 6.92 Å². The Labute approximate surface area is 100 Å². The van der Waals surface area contributed by atoms with Crippen LogP contribution in [0.1, 0.15) is 15.9 Å². The maximum absolute atomic E-state index is 11.9. The lowest BCUT2D eigenvalue weighted by molar-refractivity contribution is 0.102. The van der Waals surface area contributed by atoms with Crippen LogP contribution in [0.15, 0.2) is 48.5 Å². The first kappa shape index (κ1) is 11.2. The summed E-state index contributed by atoms with van der Waals surface area (Å²) in [7, 11) is 0. The lowest BCUT2D eigenvalue weighted by Gasteiger charge is -2.09. The van der Waals surface area contributed by atoms with Gasteiger partial charge >= 0.3 is 0 Å². The maximum Gasteiger partial charge on any atom is 0.255 e. The molecule has 86 valence electrons. The van der Waals surface area contributed by atoms with E-state index >= 15 is 0 Å². The fraction of sp³-hybridized carbons (Fsp3) is 0.0714. The molecule has 0 radical (unpaired) electrons. The summed E-state index contributed by atoms with van der Waals surface area (Å²) in [6.45, 7) is 1.88. The van der Waals surface area contributed by atoms with Gasteiger partial charge in [-0.05, 0) is 36.8 Å². The van der Waals surface area contributed by atoms with E-state index in [-0.39, 0.29) is 5.91 Å². The normalized spacial score (nSPS) is 9.94. The summed E-state index contributed by atoms with van der Waals surface area (Å²) in [5.74, 6) is -0.126. The molecule has 17 heavy (non-hydrogen) atoms. The Morgan fingerprint density at radius 1 is 1.06 bits per heavy atom. The van der Waals surface area contributed by atoms with Gasteiger partial charge < -0.3 is 11.1 Å². The van der Waals surface area contributed by atoms with Gasteiger partial charge in [-0.25, -0.2) is 0 Å². The molecule has 0 saturated carbocycles. The summed E-state index contributed by atoms with van der Waals surface area (Å²) >= 11 is 0. The van der Waals surface area contributed by atoms with E-state index < -0.39 is 0 Å². The molecule has 0 spiro atoms. The summed E-state index contributed by atoms with van der Waals surface area (Å²) in [5, 5.41) is 2.85. The highest BCUT2D eigenvalue weighted by Crippen LogP contribution is 2.20. The van der Waals surface area contributed by atoms with Gasteiger partial charge in [-0.2, -0.15) is 0 Å². The van der Waals surface area contributed by atoms with E-state index in [1.165, 1.54) is 0 Å². The molecule has 0 aliphatic carbocycles. The van der Waals surface area contributed by atoms with E-state index in [9.17, 15) is 4.79 Å². The predicted octanol–water partition coefficient (Wildman–Crippen LogP) is 2.83. The van der Waals surface area contributed by atoms with E-state index in [0.717, 1.165) is 11.3 Å². The second kappa shape index (κ2) is 4.70. The number of carbonyl (C=O) groups is 1. The SMILES string of the molecule is Cc1c(N)cccc1NC(=O)c1ccccc1. The Hall–Kier alpha value is -2.29. The van der Waals surface area contributed by atoms with Crippen LogP contribution in [-0.2, 0) is 0 Å². The van der Waals surface area contributed by atoms with Gasteiger partial charge in [-0.3, -0.25) is 4.79 Å². The summed E-state index contributed by atoms with van der Waals surface area (Å²) in [4.78, 5) is 11.9. The van der Waals surface area contributed by atoms with Gasteiger partial charge in [0.05, 0.1) is 0 Å². The standard InChI is InChI=1S/C14H14N2O/c1-10-12(15)8-5-9-13(10)16-14(17)11-6-3-2-4-7-11/h2-9H,15H2,1H3,(H,16,17). The predicted molar refractivity (Wildman–Crippen MR) is 70.0 cm³/mol. The number of nitrogen functional groups attached to an aromatic ring is 1. The molecule has 0 bridgehead atoms. The molecule has 3 nitrogen and oxygen atoms in total. The number of hydrogen-bond acceptors (Lipinski definition) is 2. The van der Waals surface area contributed by atoms with Crippen LogP contribution in [0.4, 0.5) is 11.4 Å². The molecule has 0 aliphatic heterocycles. The highest BCUT2D eigenvalue weighted by atomic mass is 16.1. The smallest absolute Gasteiger partial charge is 0.255 e. The zero-order chi connectivity index (χ0) is 12.3. The third-order valence-corrected chi connectivity index (χ3v) is 2.66. The minimum Gasteiger partial charge on any atom is -0.398 e. The van der Waals surface area contributed by atoms with Crippen LogP contribution in [-0.4, -0.2) is 5.91 Å².